The summed E-state index contributed by atoms with van der Waals surface area (Å²) in [6.07, 6.45) is 10.6. The number of piperazine rings is 1. The lowest BCUT2D eigenvalue weighted by atomic mass is 9.95. The number of urea groups is 1. The molecule has 9 heteroatoms. The second kappa shape index (κ2) is 11.4. The monoisotopic (exact) mass is 533 g/mol. The van der Waals surface area contributed by atoms with E-state index in [4.69, 9.17) is 4.98 Å². The molecular formula is C26H33Cl2N5OS. The van der Waals surface area contributed by atoms with Gasteiger partial charge in [0.2, 0.25) is 0 Å². The van der Waals surface area contributed by atoms with Gasteiger partial charge in [0.05, 0.1) is 5.69 Å². The Morgan fingerprint density at radius 3 is 2.71 bits per heavy atom. The van der Waals surface area contributed by atoms with Gasteiger partial charge < -0.3 is 15.5 Å². The van der Waals surface area contributed by atoms with Crippen molar-refractivity contribution in [1.29, 1.82) is 0 Å². The minimum Gasteiger partial charge on any atom is -0.335 e. The summed E-state index contributed by atoms with van der Waals surface area (Å²) >= 11 is 1.89. The first-order chi connectivity index (χ1) is 16.2. The van der Waals surface area contributed by atoms with Crippen LogP contribution in [-0.2, 0) is 13.0 Å². The standard InChI is InChI=1S/C26H31N5OS.2ClH/c32-26(29-20-1-2-20)31-11-7-18(8-12-31)22-4-5-24-23(22)15-19(16-28-24)25-6-3-21(33-25)17-30-13-9-27-10-14-30;;/h3-4,6-7,15-16,20,27H,1-2,5,8-14,17H2,(H,29,32);2*1H. The van der Waals surface area contributed by atoms with Crippen molar-refractivity contribution < 1.29 is 4.79 Å². The van der Waals surface area contributed by atoms with Gasteiger partial charge in [-0.15, -0.1) is 36.2 Å². The third kappa shape index (κ3) is 5.92. The Bertz CT molecular complexity index is 1120. The molecule has 4 aliphatic rings. The Morgan fingerprint density at radius 1 is 1.14 bits per heavy atom. The maximum atomic E-state index is 12.4. The summed E-state index contributed by atoms with van der Waals surface area (Å²) in [4.78, 5) is 24.4. The molecule has 1 saturated heterocycles. The molecule has 6 rings (SSSR count). The summed E-state index contributed by atoms with van der Waals surface area (Å²) in [5.41, 5.74) is 6.32. The molecule has 2 aliphatic carbocycles. The van der Waals surface area contributed by atoms with Gasteiger partial charge in [-0.25, -0.2) is 4.79 Å². The molecule has 0 spiro atoms. The van der Waals surface area contributed by atoms with Crippen LogP contribution in [-0.4, -0.2) is 66.1 Å². The highest BCUT2D eigenvalue weighted by Gasteiger charge is 2.28. The molecule has 2 N–H and O–H groups in total. The smallest absolute Gasteiger partial charge is 0.317 e. The van der Waals surface area contributed by atoms with Gasteiger partial charge in [0.15, 0.2) is 0 Å². The topological polar surface area (TPSA) is 60.5 Å². The van der Waals surface area contributed by atoms with E-state index in [-0.39, 0.29) is 30.8 Å². The molecule has 2 aromatic rings. The van der Waals surface area contributed by atoms with Crippen molar-refractivity contribution in [2.45, 2.75) is 38.3 Å². The second-order valence-corrected chi connectivity index (χ2v) is 10.6. The zero-order chi connectivity index (χ0) is 22.2. The molecule has 2 aliphatic heterocycles. The van der Waals surface area contributed by atoms with E-state index in [9.17, 15) is 4.79 Å². The highest BCUT2D eigenvalue weighted by Crippen LogP contribution is 2.38. The molecule has 2 amide bonds. The highest BCUT2D eigenvalue weighted by atomic mass is 35.5. The van der Waals surface area contributed by atoms with Crippen molar-refractivity contribution in [3.05, 3.63) is 58.3 Å². The van der Waals surface area contributed by atoms with Gasteiger partial charge in [0.25, 0.3) is 0 Å². The van der Waals surface area contributed by atoms with Crippen LogP contribution in [0.2, 0.25) is 0 Å². The van der Waals surface area contributed by atoms with Gasteiger partial charge >= 0.3 is 6.03 Å². The van der Waals surface area contributed by atoms with Gasteiger partial charge in [-0.05, 0) is 48.6 Å². The number of fused-ring (bicyclic) bond motifs is 1. The van der Waals surface area contributed by atoms with Crippen LogP contribution in [0.25, 0.3) is 16.0 Å². The third-order valence-electron chi connectivity index (χ3n) is 7.04. The number of hydrogen-bond donors (Lipinski definition) is 2. The van der Waals surface area contributed by atoms with Crippen LogP contribution in [0.1, 0.15) is 35.4 Å². The number of nitrogens with zero attached hydrogens (tertiary/aromatic N) is 3. The van der Waals surface area contributed by atoms with Gasteiger partial charge in [-0.3, -0.25) is 9.88 Å². The maximum absolute atomic E-state index is 12.4. The van der Waals surface area contributed by atoms with Crippen LogP contribution in [0.3, 0.4) is 0 Å². The van der Waals surface area contributed by atoms with Crippen molar-refractivity contribution in [3.63, 3.8) is 0 Å². The fourth-order valence-corrected chi connectivity index (χ4v) is 5.97. The van der Waals surface area contributed by atoms with E-state index >= 15 is 0 Å². The van der Waals surface area contributed by atoms with Gasteiger partial charge in [0.1, 0.15) is 0 Å². The average Bonchev–Trinajstić information content (AvgIpc) is 3.37. The predicted octanol–water partition coefficient (Wildman–Crippen LogP) is 4.50. The van der Waals surface area contributed by atoms with E-state index in [0.717, 1.165) is 65.0 Å². The summed E-state index contributed by atoms with van der Waals surface area (Å²) in [6, 6.07) is 7.35. The molecule has 0 unspecified atom stereocenters. The Hall–Kier alpha value is -1.90. The van der Waals surface area contributed by atoms with Crippen molar-refractivity contribution >= 4 is 47.8 Å². The number of carbonyl (C=O) groups excluding carboxylic acids is 1. The van der Waals surface area contributed by atoms with Crippen LogP contribution >= 0.6 is 36.2 Å². The number of aromatic nitrogens is 1. The van der Waals surface area contributed by atoms with E-state index in [1.165, 1.54) is 37.7 Å². The summed E-state index contributed by atoms with van der Waals surface area (Å²) in [6.45, 7) is 6.92. The van der Waals surface area contributed by atoms with Crippen LogP contribution in [0, 0.1) is 0 Å². The average molecular weight is 535 g/mol. The molecule has 188 valence electrons. The predicted molar refractivity (Wildman–Crippen MR) is 148 cm³/mol. The van der Waals surface area contributed by atoms with Crippen molar-refractivity contribution in [2.24, 2.45) is 0 Å². The largest absolute Gasteiger partial charge is 0.335 e. The molecule has 2 aromatic heterocycles. The number of hydrogen-bond acceptors (Lipinski definition) is 5. The molecule has 0 bridgehead atoms. The number of allylic oxidation sites excluding steroid dienone is 2. The molecule has 35 heavy (non-hydrogen) atoms. The van der Waals surface area contributed by atoms with E-state index < -0.39 is 0 Å². The van der Waals surface area contributed by atoms with Crippen molar-refractivity contribution in [1.82, 2.24) is 25.4 Å². The Kier molecular flexibility index (Phi) is 8.55. The molecule has 0 aromatic carbocycles. The second-order valence-electron chi connectivity index (χ2n) is 9.48. The summed E-state index contributed by atoms with van der Waals surface area (Å²) in [7, 11) is 0. The fourth-order valence-electron chi connectivity index (χ4n) is 4.94. The quantitative estimate of drug-likeness (QED) is 0.593. The van der Waals surface area contributed by atoms with Crippen molar-refractivity contribution in [2.75, 3.05) is 39.3 Å². The molecule has 2 fully saturated rings. The normalized spacial score (nSPS) is 19.7. The first-order valence-corrected chi connectivity index (χ1v) is 13.0. The third-order valence-corrected chi connectivity index (χ3v) is 8.16. The molecule has 1 saturated carbocycles. The molecule has 0 atom stereocenters. The Labute approximate surface area is 223 Å². The van der Waals surface area contributed by atoms with E-state index in [1.54, 1.807) is 0 Å². The first kappa shape index (κ1) is 26.2. The Balaban J connectivity index is 0.00000144. The first-order valence-electron chi connectivity index (χ1n) is 12.2. The number of rotatable bonds is 5. The summed E-state index contributed by atoms with van der Waals surface area (Å²) in [5.74, 6) is 0. The minimum atomic E-state index is 0. The lowest BCUT2D eigenvalue weighted by molar-refractivity contribution is 0.201. The zero-order valence-corrected chi connectivity index (χ0v) is 22.2. The number of halogens is 2. The van der Waals surface area contributed by atoms with Gasteiger partial charge in [-0.1, -0.05) is 12.2 Å². The Morgan fingerprint density at radius 2 is 1.97 bits per heavy atom. The molecule has 0 radical (unpaired) electrons. The lowest BCUT2D eigenvalue weighted by Crippen LogP contribution is -2.43. The SMILES string of the molecule is Cl.Cl.O=C(NC1CC1)N1CC=C(C2=CCc3ncc(-c4ccc(CN5CCNCC5)s4)cc32)CC1. The fraction of sp³-hybridized carbons (Fsp3) is 0.462. The minimum absolute atomic E-state index is 0. The summed E-state index contributed by atoms with van der Waals surface area (Å²) < 4.78 is 0. The van der Waals surface area contributed by atoms with Crippen LogP contribution in [0.4, 0.5) is 4.79 Å². The zero-order valence-electron chi connectivity index (χ0n) is 19.8. The van der Waals surface area contributed by atoms with Crippen LogP contribution in [0.15, 0.2) is 42.1 Å². The molecule has 4 heterocycles. The highest BCUT2D eigenvalue weighted by molar-refractivity contribution is 7.15. The van der Waals surface area contributed by atoms with Crippen LogP contribution in [0.5, 0.6) is 0 Å². The van der Waals surface area contributed by atoms with E-state index in [0.29, 0.717) is 12.6 Å². The molecular weight excluding hydrogens is 501 g/mol. The van der Waals surface area contributed by atoms with Crippen molar-refractivity contribution in [3.8, 4) is 10.4 Å². The number of nitrogens with one attached hydrogen (secondary N) is 2. The maximum Gasteiger partial charge on any atom is 0.317 e. The van der Waals surface area contributed by atoms with Gasteiger partial charge in [0, 0.05) is 85.4 Å². The summed E-state index contributed by atoms with van der Waals surface area (Å²) in [5, 5.41) is 6.53. The van der Waals surface area contributed by atoms with E-state index in [2.05, 4.69) is 45.9 Å². The number of carbonyl (C=O) groups is 1. The van der Waals surface area contributed by atoms with Crippen LogP contribution < -0.4 is 10.6 Å². The number of pyridine rings is 1. The van der Waals surface area contributed by atoms with Gasteiger partial charge in [-0.2, -0.15) is 0 Å². The number of amides is 2. The lowest BCUT2D eigenvalue weighted by Gasteiger charge is -2.27. The van der Waals surface area contributed by atoms with E-state index in [1.807, 2.05) is 22.4 Å². The molecule has 6 nitrogen and oxygen atoms in total. The number of thiophene rings is 1.